The quantitative estimate of drug-likeness (QED) is 0.148. The van der Waals surface area contributed by atoms with Crippen LogP contribution in [0.1, 0.15) is 92.4 Å². The van der Waals surface area contributed by atoms with E-state index in [-0.39, 0.29) is 23.0 Å². The van der Waals surface area contributed by atoms with Crippen molar-refractivity contribution in [2.24, 2.45) is 46.3 Å². The van der Waals surface area contributed by atoms with E-state index in [1.165, 1.54) is 12.5 Å². The van der Waals surface area contributed by atoms with E-state index in [1.54, 1.807) is 0 Å². The molecule has 0 aromatic heterocycles. The van der Waals surface area contributed by atoms with E-state index in [0.29, 0.717) is 48.3 Å². The Hall–Kier alpha value is -0.940. The van der Waals surface area contributed by atoms with Gasteiger partial charge in [-0.15, -0.1) is 0 Å². The van der Waals surface area contributed by atoms with Crippen molar-refractivity contribution < 1.29 is 83.9 Å². The maximum Gasteiger partial charge on any atom is 0.187 e. The highest BCUT2D eigenvalue weighted by Gasteiger charge is 2.69. The van der Waals surface area contributed by atoms with E-state index in [4.69, 9.17) is 37.9 Å². The number of hydrogen-bond acceptors (Lipinski definition) is 17. The SMILES string of the molecule is CC1CCC2(OC1)OC1CC3C4CC=C5C[C@@H](O[C@@H]6O[C@H](CO)[C@@H](O[C@@H]7O[C@H](CO)[C@@H](O)[C@@H](O)[C@H]7O)[C@@H](O)[C@H]6O[C@@H]6O[C@H](C)[C@@H](O)[C@@H](O)[C@H]6O)CC[C@]5(C)C4CC[C@]3(C)C1C2C. The zero-order valence-corrected chi connectivity index (χ0v) is 36.6. The molecule has 4 aliphatic carbocycles. The monoisotopic (exact) mass is 884 g/mol. The van der Waals surface area contributed by atoms with Gasteiger partial charge in [0, 0.05) is 12.3 Å². The van der Waals surface area contributed by atoms with Crippen molar-refractivity contribution in [2.75, 3.05) is 19.8 Å². The molecular formula is C45H72O17. The summed E-state index contributed by atoms with van der Waals surface area (Å²) in [5, 5.41) is 95.7. The summed E-state index contributed by atoms with van der Waals surface area (Å²) in [5.74, 6) is 2.56. The van der Waals surface area contributed by atoms with Gasteiger partial charge in [0.25, 0.3) is 0 Å². The Morgan fingerprint density at radius 1 is 0.677 bits per heavy atom. The number of hydrogen-bond donors (Lipinski definition) is 9. The van der Waals surface area contributed by atoms with Gasteiger partial charge in [-0.05, 0) is 98.7 Å². The first-order valence-corrected chi connectivity index (χ1v) is 23.4. The molecule has 0 bridgehead atoms. The third-order valence-corrected chi connectivity index (χ3v) is 17.7. The highest BCUT2D eigenvalue weighted by molar-refractivity contribution is 5.26. The molecule has 26 atom stereocenters. The summed E-state index contributed by atoms with van der Waals surface area (Å²) in [7, 11) is 0. The predicted octanol–water partition coefficient (Wildman–Crippen LogP) is 0.214. The van der Waals surface area contributed by atoms with E-state index in [1.807, 2.05) is 0 Å². The molecule has 17 nitrogen and oxygen atoms in total. The van der Waals surface area contributed by atoms with E-state index in [2.05, 4.69) is 33.8 Å². The molecule has 62 heavy (non-hydrogen) atoms. The molecule has 5 aliphatic heterocycles. The van der Waals surface area contributed by atoms with Crippen molar-refractivity contribution in [3.05, 3.63) is 11.6 Å². The van der Waals surface area contributed by atoms with Crippen LogP contribution in [-0.2, 0) is 37.9 Å². The van der Waals surface area contributed by atoms with Crippen molar-refractivity contribution in [3.8, 4) is 0 Å². The van der Waals surface area contributed by atoms with E-state index in [0.717, 1.165) is 51.6 Å². The van der Waals surface area contributed by atoms with Gasteiger partial charge in [0.05, 0.1) is 38.1 Å². The van der Waals surface area contributed by atoms with Crippen molar-refractivity contribution >= 4 is 0 Å². The summed E-state index contributed by atoms with van der Waals surface area (Å²) in [5.41, 5.74) is 1.48. The van der Waals surface area contributed by atoms with Crippen LogP contribution in [0.15, 0.2) is 11.6 Å². The van der Waals surface area contributed by atoms with E-state index < -0.39 is 111 Å². The summed E-state index contributed by atoms with van der Waals surface area (Å²) in [6.07, 6.45) is -12.0. The molecule has 9 aliphatic rings. The van der Waals surface area contributed by atoms with Gasteiger partial charge >= 0.3 is 0 Å². The largest absolute Gasteiger partial charge is 0.394 e. The molecule has 0 aromatic rings. The molecule has 8 unspecified atom stereocenters. The topological polar surface area (TPSA) is 256 Å². The summed E-state index contributed by atoms with van der Waals surface area (Å²) in [4.78, 5) is 0. The fourth-order valence-electron chi connectivity index (χ4n) is 14.0. The maximum atomic E-state index is 12.0. The van der Waals surface area contributed by atoms with Gasteiger partial charge in [0.15, 0.2) is 24.7 Å². The van der Waals surface area contributed by atoms with Crippen LogP contribution in [-0.4, -0.2) is 176 Å². The highest BCUT2D eigenvalue weighted by Crippen LogP contribution is 2.70. The lowest BCUT2D eigenvalue weighted by Crippen LogP contribution is -2.67. The minimum atomic E-state index is -1.82. The molecule has 0 amide bonds. The fraction of sp³-hybridized carbons (Fsp3) is 0.956. The summed E-state index contributed by atoms with van der Waals surface area (Å²) < 4.78 is 49.9. The standard InChI is InChI=1S/C45H72O17/c1-19-8-13-45(55-18-19)20(2)30-27(62-45)15-26-24-7-6-22-14-23(9-11-43(22,4)25(24)10-12-44(26,30)5)57-42-39(61-40-35(52)33(50)31(48)21(3)56-40)37(54)38(29(17-47)59-42)60-41-36(53)34(51)32(49)28(16-46)58-41/h6,19-21,23-42,46-54H,7-18H2,1-5H3/t19?,20?,21-,23+,24?,25?,26?,27?,28-,29-,30?,31-,32-,33-,34-,35-,36-,37-,38-,39-,40+,41+,42-,43+,44+,45?/m1/s1. The first-order valence-electron chi connectivity index (χ1n) is 23.4. The Bertz CT molecular complexity index is 1610. The van der Waals surface area contributed by atoms with Gasteiger partial charge in [0.2, 0.25) is 0 Å². The fourth-order valence-corrected chi connectivity index (χ4v) is 14.0. The summed E-state index contributed by atoms with van der Waals surface area (Å²) >= 11 is 0. The molecule has 5 heterocycles. The van der Waals surface area contributed by atoms with Crippen LogP contribution in [0.3, 0.4) is 0 Å². The molecule has 3 saturated carbocycles. The Balaban J connectivity index is 0.917. The highest BCUT2D eigenvalue weighted by atomic mass is 16.8. The number of allylic oxidation sites excluding steroid dienone is 1. The summed E-state index contributed by atoms with van der Waals surface area (Å²) in [6, 6.07) is 0. The first kappa shape index (κ1) is 46.2. The van der Waals surface area contributed by atoms with E-state index >= 15 is 0 Å². The average molecular weight is 885 g/mol. The molecule has 0 radical (unpaired) electrons. The van der Waals surface area contributed by atoms with Crippen LogP contribution >= 0.6 is 0 Å². The number of rotatable bonds is 8. The van der Waals surface area contributed by atoms with Crippen LogP contribution < -0.4 is 0 Å². The lowest BCUT2D eigenvalue weighted by atomic mass is 9.47. The minimum Gasteiger partial charge on any atom is -0.394 e. The second kappa shape index (κ2) is 17.3. The zero-order chi connectivity index (χ0) is 44.2. The van der Waals surface area contributed by atoms with Gasteiger partial charge in [-0.2, -0.15) is 0 Å². The normalized spacial score (nSPS) is 57.6. The van der Waals surface area contributed by atoms with Gasteiger partial charge in [-0.1, -0.05) is 39.3 Å². The summed E-state index contributed by atoms with van der Waals surface area (Å²) in [6.45, 7) is 10.4. The smallest absolute Gasteiger partial charge is 0.187 e. The molecule has 9 N–H and O–H groups in total. The predicted molar refractivity (Wildman–Crippen MR) is 214 cm³/mol. The molecule has 1 spiro atoms. The lowest BCUT2D eigenvalue weighted by molar-refractivity contribution is -0.389. The van der Waals surface area contributed by atoms with Crippen molar-refractivity contribution in [3.63, 3.8) is 0 Å². The number of aliphatic hydroxyl groups is 9. The van der Waals surface area contributed by atoms with Crippen LogP contribution in [0.5, 0.6) is 0 Å². The number of aliphatic hydroxyl groups excluding tert-OH is 9. The molecule has 5 saturated heterocycles. The Labute approximate surface area is 363 Å². The van der Waals surface area contributed by atoms with Crippen molar-refractivity contribution in [2.45, 2.75) is 203 Å². The minimum absolute atomic E-state index is 0.0356. The van der Waals surface area contributed by atoms with Crippen LogP contribution in [0, 0.1) is 46.3 Å². The average Bonchev–Trinajstić information content (AvgIpc) is 3.70. The second-order valence-electron chi connectivity index (χ2n) is 21.1. The van der Waals surface area contributed by atoms with Gasteiger partial charge in [-0.25, -0.2) is 0 Å². The third-order valence-electron chi connectivity index (χ3n) is 17.7. The third kappa shape index (κ3) is 7.49. The molecular weight excluding hydrogens is 812 g/mol. The number of fused-ring (bicyclic) bond motifs is 7. The maximum absolute atomic E-state index is 12.0. The van der Waals surface area contributed by atoms with Crippen LogP contribution in [0.25, 0.3) is 0 Å². The Kier molecular flexibility index (Phi) is 12.9. The number of ether oxygens (including phenoxy) is 8. The Morgan fingerprint density at radius 2 is 1.35 bits per heavy atom. The molecule has 8 fully saturated rings. The Morgan fingerprint density at radius 3 is 2.05 bits per heavy atom. The van der Waals surface area contributed by atoms with Crippen molar-refractivity contribution in [1.82, 2.24) is 0 Å². The second-order valence-corrected chi connectivity index (χ2v) is 21.1. The van der Waals surface area contributed by atoms with Gasteiger partial charge in [0.1, 0.15) is 67.1 Å². The zero-order valence-electron chi connectivity index (χ0n) is 36.6. The van der Waals surface area contributed by atoms with Gasteiger partial charge < -0.3 is 83.9 Å². The van der Waals surface area contributed by atoms with Crippen LogP contribution in [0.2, 0.25) is 0 Å². The van der Waals surface area contributed by atoms with Gasteiger partial charge in [-0.3, -0.25) is 0 Å². The lowest BCUT2D eigenvalue weighted by Gasteiger charge is -2.58. The van der Waals surface area contributed by atoms with E-state index in [9.17, 15) is 46.0 Å². The molecule has 17 heteroatoms. The first-order chi connectivity index (χ1) is 29.4. The van der Waals surface area contributed by atoms with Crippen LogP contribution in [0.4, 0.5) is 0 Å². The van der Waals surface area contributed by atoms with Crippen molar-refractivity contribution in [1.29, 1.82) is 0 Å². The molecule has 354 valence electrons. The molecule has 0 aromatic carbocycles. The molecule has 9 rings (SSSR count).